The van der Waals surface area contributed by atoms with Gasteiger partial charge in [-0.25, -0.2) is 4.98 Å². The van der Waals surface area contributed by atoms with E-state index in [2.05, 4.69) is 25.9 Å². The van der Waals surface area contributed by atoms with Crippen LogP contribution < -0.4 is 0 Å². The lowest BCUT2D eigenvalue weighted by Crippen LogP contribution is -2.06. The number of aryl methyl sites for hydroxylation is 2. The van der Waals surface area contributed by atoms with Gasteiger partial charge in [0.15, 0.2) is 5.76 Å². The lowest BCUT2D eigenvalue weighted by molar-refractivity contribution is 0.101. The van der Waals surface area contributed by atoms with Gasteiger partial charge in [0, 0.05) is 22.3 Å². The number of hydrogen-bond acceptors (Lipinski definition) is 4. The van der Waals surface area contributed by atoms with Crippen molar-refractivity contribution >= 4 is 32.7 Å². The summed E-state index contributed by atoms with van der Waals surface area (Å²) in [5, 5.41) is 0.891. The molecule has 0 spiro atoms. The van der Waals surface area contributed by atoms with Crippen LogP contribution in [0.5, 0.6) is 0 Å². The van der Waals surface area contributed by atoms with E-state index in [0.717, 1.165) is 21.0 Å². The first-order valence-electron chi connectivity index (χ1n) is 6.08. The Hall–Kier alpha value is -2.01. The van der Waals surface area contributed by atoms with Crippen molar-refractivity contribution in [3.8, 4) is 0 Å². The maximum atomic E-state index is 12.4. The van der Waals surface area contributed by atoms with Crippen LogP contribution in [0.25, 0.3) is 11.0 Å². The minimum atomic E-state index is -0.248. The molecule has 0 radical (unpaired) electrons. The Morgan fingerprint density at radius 2 is 1.90 bits per heavy atom. The predicted molar refractivity (Wildman–Crippen MR) is 78.9 cm³/mol. The fourth-order valence-corrected chi connectivity index (χ4v) is 2.73. The number of hydrogen-bond donors (Lipinski definition) is 0. The highest BCUT2D eigenvalue weighted by atomic mass is 79.9. The fourth-order valence-electron chi connectivity index (χ4n) is 2.14. The van der Waals surface area contributed by atoms with E-state index in [9.17, 15) is 4.79 Å². The van der Waals surface area contributed by atoms with Gasteiger partial charge in [0.25, 0.3) is 0 Å². The Balaban J connectivity index is 2.14. The minimum Gasteiger partial charge on any atom is -0.452 e. The van der Waals surface area contributed by atoms with Crippen LogP contribution in [0.1, 0.15) is 27.5 Å². The van der Waals surface area contributed by atoms with Gasteiger partial charge in [-0.3, -0.25) is 9.78 Å². The molecule has 0 aliphatic rings. The van der Waals surface area contributed by atoms with Gasteiger partial charge < -0.3 is 4.42 Å². The molecule has 0 atom stereocenters. The number of furan rings is 1. The number of carbonyl (C=O) groups is 1. The van der Waals surface area contributed by atoms with Crippen molar-refractivity contribution in [2.45, 2.75) is 13.8 Å². The number of benzene rings is 1. The van der Waals surface area contributed by atoms with Gasteiger partial charge in [-0.05, 0) is 37.6 Å². The fraction of sp³-hybridized carbons (Fsp3) is 0.133. The first-order valence-corrected chi connectivity index (χ1v) is 6.87. The quantitative estimate of drug-likeness (QED) is 0.670. The number of carbonyl (C=O) groups excluding carboxylic acids is 1. The third kappa shape index (κ3) is 2.14. The molecule has 1 aromatic carbocycles. The smallest absolute Gasteiger partial charge is 0.248 e. The van der Waals surface area contributed by atoms with E-state index in [-0.39, 0.29) is 11.5 Å². The van der Waals surface area contributed by atoms with E-state index < -0.39 is 0 Å². The Kier molecular flexibility index (Phi) is 3.14. The van der Waals surface area contributed by atoms with Crippen LogP contribution in [0, 0.1) is 13.8 Å². The average molecular weight is 331 g/mol. The molecule has 0 saturated heterocycles. The molecule has 20 heavy (non-hydrogen) atoms. The molecule has 0 fully saturated rings. The second-order valence-electron chi connectivity index (χ2n) is 4.57. The molecule has 0 aliphatic heterocycles. The largest absolute Gasteiger partial charge is 0.452 e. The normalized spacial score (nSPS) is 10.9. The molecular formula is C15H11BrN2O2. The summed E-state index contributed by atoms with van der Waals surface area (Å²) in [5.41, 5.74) is 2.61. The molecule has 3 aromatic rings. The van der Waals surface area contributed by atoms with Crippen molar-refractivity contribution in [3.63, 3.8) is 0 Å². The summed E-state index contributed by atoms with van der Waals surface area (Å²) in [5.74, 6) is 0.0344. The van der Waals surface area contributed by atoms with Gasteiger partial charge in [0.1, 0.15) is 11.3 Å². The topological polar surface area (TPSA) is 56.0 Å². The lowest BCUT2D eigenvalue weighted by atomic mass is 10.1. The maximum absolute atomic E-state index is 12.4. The van der Waals surface area contributed by atoms with Crippen LogP contribution in [0.2, 0.25) is 0 Å². The standard InChI is InChI=1S/C15H11BrN2O2/c1-8-5-11(16)6-10-7-12(20-15(8)10)14(19)13-9(2)17-3-4-18-13/h3-7H,1-2H3. The summed E-state index contributed by atoms with van der Waals surface area (Å²) >= 11 is 3.44. The zero-order valence-corrected chi connectivity index (χ0v) is 12.6. The summed E-state index contributed by atoms with van der Waals surface area (Å²) in [4.78, 5) is 20.6. The lowest BCUT2D eigenvalue weighted by Gasteiger charge is -1.99. The van der Waals surface area contributed by atoms with Crippen molar-refractivity contribution in [1.29, 1.82) is 0 Å². The molecule has 3 rings (SSSR count). The highest BCUT2D eigenvalue weighted by molar-refractivity contribution is 9.10. The van der Waals surface area contributed by atoms with E-state index >= 15 is 0 Å². The number of ketones is 1. The first kappa shape index (κ1) is 13.0. The monoisotopic (exact) mass is 330 g/mol. The van der Waals surface area contributed by atoms with Crippen molar-refractivity contribution in [2.24, 2.45) is 0 Å². The zero-order chi connectivity index (χ0) is 14.3. The molecule has 100 valence electrons. The van der Waals surface area contributed by atoms with Crippen molar-refractivity contribution in [2.75, 3.05) is 0 Å². The third-order valence-corrected chi connectivity index (χ3v) is 3.54. The number of aromatic nitrogens is 2. The van der Waals surface area contributed by atoms with Crippen LogP contribution in [0.15, 0.2) is 39.5 Å². The molecule has 0 N–H and O–H groups in total. The van der Waals surface area contributed by atoms with Crippen LogP contribution in [0.3, 0.4) is 0 Å². The molecule has 0 amide bonds. The SMILES string of the molecule is Cc1nccnc1C(=O)c1cc2cc(Br)cc(C)c2o1. The summed E-state index contributed by atoms with van der Waals surface area (Å²) in [6, 6.07) is 5.61. The van der Waals surface area contributed by atoms with E-state index in [1.54, 1.807) is 19.2 Å². The predicted octanol–water partition coefficient (Wildman–Crippen LogP) is 3.83. The van der Waals surface area contributed by atoms with Crippen molar-refractivity contribution < 1.29 is 9.21 Å². The van der Waals surface area contributed by atoms with Gasteiger partial charge in [-0.2, -0.15) is 0 Å². The third-order valence-electron chi connectivity index (χ3n) is 3.09. The maximum Gasteiger partial charge on any atom is 0.248 e. The second kappa shape index (κ2) is 4.83. The Bertz CT molecular complexity index is 824. The Labute approximate surface area is 124 Å². The van der Waals surface area contributed by atoms with Gasteiger partial charge in [0.2, 0.25) is 5.78 Å². The van der Waals surface area contributed by atoms with Crippen LogP contribution in [0.4, 0.5) is 0 Å². The average Bonchev–Trinajstić information content (AvgIpc) is 2.82. The van der Waals surface area contributed by atoms with Crippen LogP contribution in [-0.4, -0.2) is 15.8 Å². The second-order valence-corrected chi connectivity index (χ2v) is 5.49. The van der Waals surface area contributed by atoms with E-state index in [1.165, 1.54) is 6.20 Å². The summed E-state index contributed by atoms with van der Waals surface area (Å²) in [6.45, 7) is 3.70. The minimum absolute atomic E-state index is 0.248. The molecular weight excluding hydrogens is 320 g/mol. The van der Waals surface area contributed by atoms with Gasteiger partial charge in [0.05, 0.1) is 5.69 Å². The van der Waals surface area contributed by atoms with E-state index in [1.807, 2.05) is 19.1 Å². The number of halogens is 1. The first-order chi connectivity index (χ1) is 9.56. The van der Waals surface area contributed by atoms with Crippen molar-refractivity contribution in [1.82, 2.24) is 9.97 Å². The molecule has 2 heterocycles. The molecule has 0 bridgehead atoms. The Morgan fingerprint density at radius 3 is 2.65 bits per heavy atom. The van der Waals surface area contributed by atoms with Crippen LogP contribution >= 0.6 is 15.9 Å². The summed E-state index contributed by atoms with van der Waals surface area (Å²) in [7, 11) is 0. The van der Waals surface area contributed by atoms with E-state index in [4.69, 9.17) is 4.42 Å². The summed E-state index contributed by atoms with van der Waals surface area (Å²) in [6.07, 6.45) is 3.07. The highest BCUT2D eigenvalue weighted by Crippen LogP contribution is 2.28. The number of nitrogens with zero attached hydrogens (tertiary/aromatic N) is 2. The molecule has 0 aliphatic carbocycles. The molecule has 0 unspecified atom stereocenters. The van der Waals surface area contributed by atoms with Gasteiger partial charge >= 0.3 is 0 Å². The molecule has 0 saturated carbocycles. The highest BCUT2D eigenvalue weighted by Gasteiger charge is 2.19. The number of rotatable bonds is 2. The van der Waals surface area contributed by atoms with Crippen LogP contribution in [-0.2, 0) is 0 Å². The molecule has 5 heteroatoms. The zero-order valence-electron chi connectivity index (χ0n) is 11.0. The molecule has 2 aromatic heterocycles. The molecule has 4 nitrogen and oxygen atoms in total. The Morgan fingerprint density at radius 1 is 1.15 bits per heavy atom. The summed E-state index contributed by atoms with van der Waals surface area (Å²) < 4.78 is 6.64. The van der Waals surface area contributed by atoms with Crippen molar-refractivity contribution in [3.05, 3.63) is 57.8 Å². The number of fused-ring (bicyclic) bond motifs is 1. The van der Waals surface area contributed by atoms with Gasteiger partial charge in [-0.1, -0.05) is 15.9 Å². The van der Waals surface area contributed by atoms with E-state index in [0.29, 0.717) is 11.4 Å². The van der Waals surface area contributed by atoms with Gasteiger partial charge in [-0.15, -0.1) is 0 Å².